The van der Waals surface area contributed by atoms with E-state index in [0.717, 1.165) is 6.42 Å². The van der Waals surface area contributed by atoms with Crippen LogP contribution < -0.4 is 5.32 Å². The third-order valence-electron chi connectivity index (χ3n) is 3.28. The number of amides is 1. The van der Waals surface area contributed by atoms with Gasteiger partial charge in [-0.2, -0.15) is 0 Å². The maximum absolute atomic E-state index is 13.1. The van der Waals surface area contributed by atoms with Crippen LogP contribution in [0.15, 0.2) is 18.2 Å². The van der Waals surface area contributed by atoms with Gasteiger partial charge in [0, 0.05) is 11.6 Å². The zero-order valence-electron chi connectivity index (χ0n) is 10.9. The van der Waals surface area contributed by atoms with Crippen molar-refractivity contribution >= 4 is 5.91 Å². The van der Waals surface area contributed by atoms with Gasteiger partial charge in [0.15, 0.2) is 0 Å². The van der Waals surface area contributed by atoms with Gasteiger partial charge in [-0.15, -0.1) is 0 Å². The Morgan fingerprint density at radius 3 is 2.59 bits per heavy atom. The van der Waals surface area contributed by atoms with Crippen LogP contribution in [-0.2, 0) is 0 Å². The number of benzene rings is 1. The molecule has 0 aliphatic rings. The predicted octanol–water partition coefficient (Wildman–Crippen LogP) is 3.30. The lowest BCUT2D eigenvalue weighted by molar-refractivity contribution is 0.0928. The summed E-state index contributed by atoms with van der Waals surface area (Å²) in [5.74, 6) is 0.0120. The quantitative estimate of drug-likeness (QED) is 0.855. The summed E-state index contributed by atoms with van der Waals surface area (Å²) >= 11 is 0. The molecule has 17 heavy (non-hydrogen) atoms. The Kier molecular flexibility index (Phi) is 4.67. The molecule has 1 aromatic rings. The summed E-state index contributed by atoms with van der Waals surface area (Å²) < 4.78 is 13.1. The molecular weight excluding hydrogens is 217 g/mol. The second-order valence-electron chi connectivity index (χ2n) is 4.61. The van der Waals surface area contributed by atoms with E-state index >= 15 is 0 Å². The van der Waals surface area contributed by atoms with E-state index in [1.54, 1.807) is 13.0 Å². The monoisotopic (exact) mass is 237 g/mol. The highest BCUT2D eigenvalue weighted by Crippen LogP contribution is 2.11. The minimum Gasteiger partial charge on any atom is -0.349 e. The minimum atomic E-state index is -0.281. The molecule has 1 amide bonds. The van der Waals surface area contributed by atoms with E-state index in [4.69, 9.17) is 0 Å². The summed E-state index contributed by atoms with van der Waals surface area (Å²) in [6.45, 7) is 7.84. The van der Waals surface area contributed by atoms with Gasteiger partial charge in [-0.05, 0) is 43.5 Å². The maximum Gasteiger partial charge on any atom is 0.251 e. The fourth-order valence-corrected chi connectivity index (χ4v) is 1.57. The largest absolute Gasteiger partial charge is 0.349 e. The van der Waals surface area contributed by atoms with E-state index in [9.17, 15) is 9.18 Å². The van der Waals surface area contributed by atoms with Crippen molar-refractivity contribution in [2.75, 3.05) is 0 Å². The van der Waals surface area contributed by atoms with E-state index in [2.05, 4.69) is 19.2 Å². The predicted molar refractivity (Wildman–Crippen MR) is 67.5 cm³/mol. The summed E-state index contributed by atoms with van der Waals surface area (Å²) in [5.41, 5.74) is 1.01. The van der Waals surface area contributed by atoms with Crippen LogP contribution in [0.2, 0.25) is 0 Å². The molecule has 1 aromatic carbocycles. The average Bonchev–Trinajstić information content (AvgIpc) is 2.31. The molecule has 0 spiro atoms. The van der Waals surface area contributed by atoms with Crippen molar-refractivity contribution < 1.29 is 9.18 Å². The van der Waals surface area contributed by atoms with E-state index in [0.29, 0.717) is 17.0 Å². The van der Waals surface area contributed by atoms with Crippen molar-refractivity contribution in [3.05, 3.63) is 35.1 Å². The zero-order valence-corrected chi connectivity index (χ0v) is 10.9. The molecule has 1 rings (SSSR count). The summed E-state index contributed by atoms with van der Waals surface area (Å²) in [5, 5.41) is 2.93. The summed E-state index contributed by atoms with van der Waals surface area (Å²) in [4.78, 5) is 11.9. The van der Waals surface area contributed by atoms with Gasteiger partial charge in [0.05, 0.1) is 0 Å². The smallest absolute Gasteiger partial charge is 0.251 e. The fourth-order valence-electron chi connectivity index (χ4n) is 1.57. The second kappa shape index (κ2) is 5.80. The summed E-state index contributed by atoms with van der Waals surface area (Å²) in [6.07, 6.45) is 1.02. The molecule has 2 atom stereocenters. The van der Waals surface area contributed by atoms with Gasteiger partial charge < -0.3 is 5.32 Å². The van der Waals surface area contributed by atoms with E-state index < -0.39 is 0 Å². The van der Waals surface area contributed by atoms with Gasteiger partial charge in [-0.3, -0.25) is 4.79 Å². The molecule has 0 bridgehead atoms. The lowest BCUT2D eigenvalue weighted by Crippen LogP contribution is -2.36. The number of hydrogen-bond donors (Lipinski definition) is 1. The summed E-state index contributed by atoms with van der Waals surface area (Å²) in [7, 11) is 0. The fraction of sp³-hybridized carbons (Fsp3) is 0.500. The second-order valence-corrected chi connectivity index (χ2v) is 4.61. The lowest BCUT2D eigenvalue weighted by atomic mass is 10.0. The van der Waals surface area contributed by atoms with Crippen molar-refractivity contribution in [3.8, 4) is 0 Å². The third kappa shape index (κ3) is 3.55. The molecule has 0 heterocycles. The first-order chi connectivity index (χ1) is 7.95. The van der Waals surface area contributed by atoms with Crippen LogP contribution in [0.25, 0.3) is 0 Å². The molecule has 0 aromatic heterocycles. The number of carbonyl (C=O) groups excluding carboxylic acids is 1. The third-order valence-corrected chi connectivity index (χ3v) is 3.28. The number of halogens is 1. The van der Waals surface area contributed by atoms with Crippen molar-refractivity contribution in [2.45, 2.75) is 40.2 Å². The molecule has 94 valence electrons. The van der Waals surface area contributed by atoms with Crippen LogP contribution in [0.4, 0.5) is 4.39 Å². The van der Waals surface area contributed by atoms with Crippen LogP contribution in [0.3, 0.4) is 0 Å². The molecule has 0 saturated heterocycles. The lowest BCUT2D eigenvalue weighted by Gasteiger charge is -2.20. The average molecular weight is 237 g/mol. The van der Waals surface area contributed by atoms with Crippen LogP contribution in [-0.4, -0.2) is 11.9 Å². The number of nitrogens with one attached hydrogen (secondary N) is 1. The molecule has 2 unspecified atom stereocenters. The highest BCUT2D eigenvalue weighted by atomic mass is 19.1. The Morgan fingerprint density at radius 1 is 1.41 bits per heavy atom. The number of aryl methyl sites for hydroxylation is 1. The molecular formula is C14H20FNO. The maximum atomic E-state index is 13.1. The van der Waals surface area contributed by atoms with Crippen LogP contribution >= 0.6 is 0 Å². The van der Waals surface area contributed by atoms with Gasteiger partial charge in [0.1, 0.15) is 5.82 Å². The molecule has 0 aliphatic heterocycles. The normalized spacial score (nSPS) is 14.2. The Hall–Kier alpha value is -1.38. The van der Waals surface area contributed by atoms with E-state index in [1.807, 2.05) is 6.92 Å². The summed E-state index contributed by atoms with van der Waals surface area (Å²) in [6, 6.07) is 4.55. The molecule has 2 nitrogen and oxygen atoms in total. The van der Waals surface area contributed by atoms with Crippen molar-refractivity contribution in [2.24, 2.45) is 5.92 Å². The van der Waals surface area contributed by atoms with Gasteiger partial charge in [0.2, 0.25) is 0 Å². The van der Waals surface area contributed by atoms with Gasteiger partial charge in [0.25, 0.3) is 5.91 Å². The Bertz CT molecular complexity index is 403. The number of hydrogen-bond acceptors (Lipinski definition) is 1. The van der Waals surface area contributed by atoms with Crippen LogP contribution in [0.1, 0.15) is 43.1 Å². The van der Waals surface area contributed by atoms with Gasteiger partial charge in [-0.25, -0.2) is 4.39 Å². The first kappa shape index (κ1) is 13.7. The van der Waals surface area contributed by atoms with E-state index in [-0.39, 0.29) is 17.8 Å². The Labute approximate surface area is 102 Å². The van der Waals surface area contributed by atoms with Gasteiger partial charge in [-0.1, -0.05) is 20.3 Å². The highest BCUT2D eigenvalue weighted by molar-refractivity contribution is 5.94. The zero-order chi connectivity index (χ0) is 13.0. The first-order valence-corrected chi connectivity index (χ1v) is 6.02. The van der Waals surface area contributed by atoms with Crippen LogP contribution in [0.5, 0.6) is 0 Å². The van der Waals surface area contributed by atoms with Crippen LogP contribution in [0, 0.1) is 18.7 Å². The van der Waals surface area contributed by atoms with Crippen molar-refractivity contribution in [1.82, 2.24) is 5.32 Å². The highest BCUT2D eigenvalue weighted by Gasteiger charge is 2.14. The molecule has 0 saturated carbocycles. The molecule has 0 aliphatic carbocycles. The topological polar surface area (TPSA) is 29.1 Å². The first-order valence-electron chi connectivity index (χ1n) is 6.02. The Balaban J connectivity index is 2.73. The van der Waals surface area contributed by atoms with Crippen molar-refractivity contribution in [1.29, 1.82) is 0 Å². The standard InChI is InChI=1S/C14H20FNO/c1-5-9(2)11(4)16-14(17)12-6-7-13(15)10(3)8-12/h6-9,11H,5H2,1-4H3,(H,16,17). The number of rotatable bonds is 4. The molecule has 3 heteroatoms. The number of carbonyl (C=O) groups is 1. The van der Waals surface area contributed by atoms with Crippen molar-refractivity contribution in [3.63, 3.8) is 0 Å². The Morgan fingerprint density at radius 2 is 2.06 bits per heavy atom. The molecule has 1 N–H and O–H groups in total. The minimum absolute atomic E-state index is 0.123. The SMILES string of the molecule is CCC(C)C(C)NC(=O)c1ccc(F)c(C)c1. The molecule has 0 radical (unpaired) electrons. The molecule has 0 fully saturated rings. The van der Waals surface area contributed by atoms with E-state index in [1.165, 1.54) is 12.1 Å². The van der Waals surface area contributed by atoms with Gasteiger partial charge >= 0.3 is 0 Å².